The average molecular weight is 276 g/mol. The predicted octanol–water partition coefficient (Wildman–Crippen LogP) is 1.46. The number of ether oxygens (including phenoxy) is 2. The second-order valence-corrected chi connectivity index (χ2v) is 3.82. The van der Waals surface area contributed by atoms with Crippen LogP contribution in [0.15, 0.2) is 16.6 Å². The fourth-order valence-electron chi connectivity index (χ4n) is 1.21. The molecule has 1 atom stereocenters. The van der Waals surface area contributed by atoms with E-state index in [1.165, 1.54) is 0 Å². The summed E-state index contributed by atoms with van der Waals surface area (Å²) >= 11 is 3.35. The molecule has 0 heterocycles. The highest BCUT2D eigenvalue weighted by atomic mass is 79.9. The largest absolute Gasteiger partial charge is 0.495 e. The lowest BCUT2D eigenvalue weighted by atomic mass is 10.1. The monoisotopic (exact) mass is 275 g/mol. The molecule has 4 nitrogen and oxygen atoms in total. The van der Waals surface area contributed by atoms with E-state index in [4.69, 9.17) is 20.3 Å². The van der Waals surface area contributed by atoms with Crippen molar-refractivity contribution in [2.75, 3.05) is 20.8 Å². The summed E-state index contributed by atoms with van der Waals surface area (Å²) in [6.07, 6.45) is 0. The van der Waals surface area contributed by atoms with Gasteiger partial charge in [-0.05, 0) is 33.6 Å². The molecule has 0 amide bonds. The maximum Gasteiger partial charge on any atom is 0.137 e. The quantitative estimate of drug-likeness (QED) is 0.873. The Morgan fingerprint density at radius 1 is 1.33 bits per heavy atom. The molecule has 0 radical (unpaired) electrons. The van der Waals surface area contributed by atoms with Gasteiger partial charge in [-0.3, -0.25) is 0 Å². The summed E-state index contributed by atoms with van der Waals surface area (Å²) in [6, 6.07) is 3.11. The first kappa shape index (κ1) is 12.3. The fraction of sp³-hybridized carbons (Fsp3) is 0.400. The second kappa shape index (κ2) is 5.34. The van der Waals surface area contributed by atoms with Crippen LogP contribution in [0, 0.1) is 0 Å². The number of aliphatic hydroxyl groups excluding tert-OH is 1. The van der Waals surface area contributed by atoms with Crippen LogP contribution < -0.4 is 15.2 Å². The highest BCUT2D eigenvalue weighted by molar-refractivity contribution is 9.10. The molecular formula is C10H14BrNO3. The molecule has 0 saturated carbocycles. The molecule has 0 aromatic heterocycles. The van der Waals surface area contributed by atoms with Crippen LogP contribution in [-0.4, -0.2) is 25.9 Å². The van der Waals surface area contributed by atoms with Gasteiger partial charge in [-0.15, -0.1) is 0 Å². The van der Waals surface area contributed by atoms with Crippen LogP contribution in [-0.2, 0) is 0 Å². The van der Waals surface area contributed by atoms with E-state index in [9.17, 15) is 0 Å². The molecule has 3 N–H and O–H groups in total. The van der Waals surface area contributed by atoms with E-state index >= 15 is 0 Å². The van der Waals surface area contributed by atoms with E-state index in [0.29, 0.717) is 11.5 Å². The normalized spacial score (nSPS) is 12.3. The molecule has 0 saturated heterocycles. The molecule has 0 spiro atoms. The molecule has 1 aromatic rings. The number of rotatable bonds is 4. The van der Waals surface area contributed by atoms with Crippen LogP contribution in [0.4, 0.5) is 0 Å². The Labute approximate surface area is 97.1 Å². The molecule has 1 aromatic carbocycles. The van der Waals surface area contributed by atoms with Crippen LogP contribution in [0.3, 0.4) is 0 Å². The molecule has 5 heteroatoms. The summed E-state index contributed by atoms with van der Waals surface area (Å²) in [4.78, 5) is 0. The van der Waals surface area contributed by atoms with E-state index in [1.807, 2.05) is 0 Å². The summed E-state index contributed by atoms with van der Waals surface area (Å²) in [5.74, 6) is 1.27. The minimum atomic E-state index is -0.430. The minimum absolute atomic E-state index is 0.117. The zero-order chi connectivity index (χ0) is 11.4. The van der Waals surface area contributed by atoms with Crippen molar-refractivity contribution >= 4 is 15.9 Å². The maximum atomic E-state index is 8.97. The zero-order valence-corrected chi connectivity index (χ0v) is 10.2. The van der Waals surface area contributed by atoms with Crippen molar-refractivity contribution in [3.8, 4) is 11.5 Å². The highest BCUT2D eigenvalue weighted by Crippen LogP contribution is 2.36. The molecule has 0 bridgehead atoms. The summed E-state index contributed by atoms with van der Waals surface area (Å²) < 4.78 is 11.1. The standard InChI is InChI=1S/C10H14BrNO3/c1-14-8-3-6(7(12)5-13)4-9(15-2)10(8)11/h3-4,7,13H,5,12H2,1-2H3. The van der Waals surface area contributed by atoms with Crippen molar-refractivity contribution in [3.63, 3.8) is 0 Å². The van der Waals surface area contributed by atoms with Gasteiger partial charge in [0, 0.05) is 0 Å². The van der Waals surface area contributed by atoms with Gasteiger partial charge < -0.3 is 20.3 Å². The second-order valence-electron chi connectivity index (χ2n) is 3.03. The SMILES string of the molecule is COc1cc(C(N)CO)cc(OC)c1Br. The molecule has 84 valence electrons. The lowest BCUT2D eigenvalue weighted by Crippen LogP contribution is -2.14. The fourth-order valence-corrected chi connectivity index (χ4v) is 1.76. The third-order valence-electron chi connectivity index (χ3n) is 2.09. The highest BCUT2D eigenvalue weighted by Gasteiger charge is 2.13. The summed E-state index contributed by atoms with van der Waals surface area (Å²) in [5, 5.41) is 8.97. The van der Waals surface area contributed by atoms with Gasteiger partial charge in [-0.2, -0.15) is 0 Å². The maximum absolute atomic E-state index is 8.97. The molecule has 1 unspecified atom stereocenters. The summed E-state index contributed by atoms with van der Waals surface area (Å²) in [7, 11) is 3.13. The van der Waals surface area contributed by atoms with E-state index < -0.39 is 6.04 Å². The molecule has 1 rings (SSSR count). The van der Waals surface area contributed by atoms with Crippen LogP contribution >= 0.6 is 15.9 Å². The molecule has 0 aliphatic rings. The van der Waals surface area contributed by atoms with Gasteiger partial charge in [-0.25, -0.2) is 0 Å². The number of benzene rings is 1. The molecule has 0 fully saturated rings. The Bertz CT molecular complexity index is 318. The average Bonchev–Trinajstić information content (AvgIpc) is 2.28. The molecule has 0 aliphatic heterocycles. The number of methoxy groups -OCH3 is 2. The van der Waals surface area contributed by atoms with E-state index in [-0.39, 0.29) is 6.61 Å². The van der Waals surface area contributed by atoms with Gasteiger partial charge in [0.05, 0.1) is 26.9 Å². The first-order chi connectivity index (χ1) is 7.13. The Morgan fingerprint density at radius 2 is 1.80 bits per heavy atom. The summed E-state index contributed by atoms with van der Waals surface area (Å²) in [6.45, 7) is -0.117. The number of hydrogen-bond donors (Lipinski definition) is 2. The summed E-state index contributed by atoms with van der Waals surface area (Å²) in [5.41, 5.74) is 6.49. The van der Waals surface area contributed by atoms with Crippen molar-refractivity contribution in [1.82, 2.24) is 0 Å². The Kier molecular flexibility index (Phi) is 4.38. The van der Waals surface area contributed by atoms with Gasteiger partial charge in [0.1, 0.15) is 16.0 Å². The van der Waals surface area contributed by atoms with E-state index in [0.717, 1.165) is 10.0 Å². The van der Waals surface area contributed by atoms with Crippen molar-refractivity contribution in [2.24, 2.45) is 5.73 Å². The number of halogens is 1. The molecular weight excluding hydrogens is 262 g/mol. The van der Waals surface area contributed by atoms with E-state index in [2.05, 4.69) is 15.9 Å². The lowest BCUT2D eigenvalue weighted by Gasteiger charge is -2.14. The third-order valence-corrected chi connectivity index (χ3v) is 2.87. The zero-order valence-electron chi connectivity index (χ0n) is 8.66. The van der Waals surface area contributed by atoms with Gasteiger partial charge in [-0.1, -0.05) is 0 Å². The minimum Gasteiger partial charge on any atom is -0.495 e. The number of nitrogens with two attached hydrogens (primary N) is 1. The van der Waals surface area contributed by atoms with Gasteiger partial charge >= 0.3 is 0 Å². The van der Waals surface area contributed by atoms with Crippen LogP contribution in [0.25, 0.3) is 0 Å². The van der Waals surface area contributed by atoms with Crippen LogP contribution in [0.5, 0.6) is 11.5 Å². The lowest BCUT2D eigenvalue weighted by molar-refractivity contribution is 0.267. The van der Waals surface area contributed by atoms with Gasteiger partial charge in [0.15, 0.2) is 0 Å². The molecule has 15 heavy (non-hydrogen) atoms. The van der Waals surface area contributed by atoms with Crippen molar-refractivity contribution in [1.29, 1.82) is 0 Å². The number of hydrogen-bond acceptors (Lipinski definition) is 4. The van der Waals surface area contributed by atoms with Gasteiger partial charge in [0.2, 0.25) is 0 Å². The smallest absolute Gasteiger partial charge is 0.137 e. The van der Waals surface area contributed by atoms with Gasteiger partial charge in [0.25, 0.3) is 0 Å². The van der Waals surface area contributed by atoms with Crippen LogP contribution in [0.1, 0.15) is 11.6 Å². The first-order valence-corrected chi connectivity index (χ1v) is 5.21. The Morgan fingerprint density at radius 3 is 2.13 bits per heavy atom. The number of aliphatic hydroxyl groups is 1. The topological polar surface area (TPSA) is 64.7 Å². The first-order valence-electron chi connectivity index (χ1n) is 4.41. The third kappa shape index (κ3) is 2.62. The Hall–Kier alpha value is -0.780. The molecule has 0 aliphatic carbocycles. The Balaban J connectivity index is 3.20. The van der Waals surface area contributed by atoms with Crippen molar-refractivity contribution < 1.29 is 14.6 Å². The van der Waals surface area contributed by atoms with Crippen molar-refractivity contribution in [2.45, 2.75) is 6.04 Å². The van der Waals surface area contributed by atoms with E-state index in [1.54, 1.807) is 26.4 Å². The van der Waals surface area contributed by atoms with Crippen molar-refractivity contribution in [3.05, 3.63) is 22.2 Å². The predicted molar refractivity (Wildman–Crippen MR) is 61.3 cm³/mol. The van der Waals surface area contributed by atoms with Crippen LogP contribution in [0.2, 0.25) is 0 Å².